The second-order valence-corrected chi connectivity index (χ2v) is 7.97. The fraction of sp³-hybridized carbons (Fsp3) is 0.391. The molecule has 0 unspecified atom stereocenters. The molecule has 1 aliphatic heterocycles. The fourth-order valence-corrected chi connectivity index (χ4v) is 3.72. The van der Waals surface area contributed by atoms with Gasteiger partial charge in [-0.3, -0.25) is 4.79 Å². The Morgan fingerprint density at radius 2 is 1.84 bits per heavy atom. The predicted molar refractivity (Wildman–Crippen MR) is 124 cm³/mol. The molecule has 1 aliphatic rings. The Hall–Kier alpha value is -3.26. The summed E-state index contributed by atoms with van der Waals surface area (Å²) in [6.45, 7) is 11.5. The molecule has 8 heteroatoms. The number of nitrogens with one attached hydrogen (secondary N) is 1. The molecule has 0 aliphatic carbocycles. The van der Waals surface area contributed by atoms with E-state index in [0.29, 0.717) is 11.8 Å². The van der Waals surface area contributed by atoms with Crippen molar-refractivity contribution in [2.45, 2.75) is 26.8 Å². The van der Waals surface area contributed by atoms with Crippen LogP contribution in [-0.2, 0) is 0 Å². The SMILES string of the molecule is CCN1CCN(c2ccc(Nc3nccc(-c4ccc(=O)n(C(C)C)c4)n3)nc2)CC1. The van der Waals surface area contributed by atoms with Gasteiger partial charge >= 0.3 is 0 Å². The molecule has 31 heavy (non-hydrogen) atoms. The number of piperazine rings is 1. The lowest BCUT2D eigenvalue weighted by Gasteiger charge is -2.35. The van der Waals surface area contributed by atoms with Gasteiger partial charge in [-0.2, -0.15) is 0 Å². The monoisotopic (exact) mass is 419 g/mol. The Bertz CT molecular complexity index is 1070. The van der Waals surface area contributed by atoms with Crippen molar-refractivity contribution in [3.05, 3.63) is 59.3 Å². The maximum Gasteiger partial charge on any atom is 0.250 e. The third kappa shape index (κ3) is 4.91. The van der Waals surface area contributed by atoms with Crippen LogP contribution in [0.2, 0.25) is 0 Å². The smallest absolute Gasteiger partial charge is 0.250 e. The van der Waals surface area contributed by atoms with Crippen molar-refractivity contribution in [2.75, 3.05) is 42.9 Å². The minimum Gasteiger partial charge on any atom is -0.368 e. The van der Waals surface area contributed by atoms with E-state index in [1.54, 1.807) is 22.9 Å². The van der Waals surface area contributed by atoms with Gasteiger partial charge in [0.05, 0.1) is 17.6 Å². The maximum atomic E-state index is 12.0. The van der Waals surface area contributed by atoms with Gasteiger partial charge < -0.3 is 19.7 Å². The van der Waals surface area contributed by atoms with E-state index in [1.165, 1.54) is 0 Å². The molecule has 3 aromatic heterocycles. The first-order valence-electron chi connectivity index (χ1n) is 10.8. The summed E-state index contributed by atoms with van der Waals surface area (Å²) < 4.78 is 1.70. The van der Waals surface area contributed by atoms with E-state index >= 15 is 0 Å². The van der Waals surface area contributed by atoms with E-state index in [1.807, 2.05) is 38.4 Å². The van der Waals surface area contributed by atoms with E-state index in [9.17, 15) is 4.79 Å². The normalized spacial score (nSPS) is 14.8. The standard InChI is InChI=1S/C23H29N7O/c1-4-28-11-13-29(14-12-28)19-6-7-21(25-15-19)27-23-24-10-9-20(26-23)18-5-8-22(31)30(16-18)17(2)3/h5-10,15-17H,4,11-14H2,1-3H3,(H,24,25,26,27). The largest absolute Gasteiger partial charge is 0.368 e. The number of pyridine rings is 2. The van der Waals surface area contributed by atoms with Gasteiger partial charge in [0.25, 0.3) is 5.56 Å². The van der Waals surface area contributed by atoms with Gasteiger partial charge in [-0.1, -0.05) is 6.92 Å². The highest BCUT2D eigenvalue weighted by molar-refractivity contribution is 5.60. The second kappa shape index (κ2) is 9.26. The zero-order valence-corrected chi connectivity index (χ0v) is 18.3. The van der Waals surface area contributed by atoms with Gasteiger partial charge in [0, 0.05) is 56.2 Å². The lowest BCUT2D eigenvalue weighted by molar-refractivity contribution is 0.271. The van der Waals surface area contributed by atoms with Crippen LogP contribution in [0.5, 0.6) is 0 Å². The molecule has 0 atom stereocenters. The minimum absolute atomic E-state index is 0.0217. The highest BCUT2D eigenvalue weighted by atomic mass is 16.1. The Kier molecular flexibility index (Phi) is 6.27. The molecule has 3 aromatic rings. The zero-order chi connectivity index (χ0) is 21.8. The number of nitrogens with zero attached hydrogens (tertiary/aromatic N) is 6. The van der Waals surface area contributed by atoms with Crippen LogP contribution in [0.15, 0.2) is 53.7 Å². The molecule has 162 valence electrons. The summed E-state index contributed by atoms with van der Waals surface area (Å²) in [6, 6.07) is 9.32. The summed E-state index contributed by atoms with van der Waals surface area (Å²) in [7, 11) is 0. The van der Waals surface area contributed by atoms with Crippen LogP contribution in [0.4, 0.5) is 17.5 Å². The summed E-state index contributed by atoms with van der Waals surface area (Å²) >= 11 is 0. The molecular formula is C23H29N7O. The molecule has 1 saturated heterocycles. The van der Waals surface area contributed by atoms with E-state index in [-0.39, 0.29) is 11.6 Å². The molecule has 0 amide bonds. The van der Waals surface area contributed by atoms with Crippen molar-refractivity contribution in [3.8, 4) is 11.3 Å². The quantitative estimate of drug-likeness (QED) is 0.657. The molecule has 1 N–H and O–H groups in total. The summed E-state index contributed by atoms with van der Waals surface area (Å²) in [5.74, 6) is 1.16. The van der Waals surface area contributed by atoms with Crippen LogP contribution >= 0.6 is 0 Å². The van der Waals surface area contributed by atoms with Crippen LogP contribution in [0, 0.1) is 0 Å². The summed E-state index contributed by atoms with van der Waals surface area (Å²) in [5.41, 5.74) is 2.73. The maximum absolute atomic E-state index is 12.0. The molecule has 0 radical (unpaired) electrons. The molecule has 4 rings (SSSR count). The van der Waals surface area contributed by atoms with Crippen LogP contribution in [0.3, 0.4) is 0 Å². The molecule has 0 spiro atoms. The summed E-state index contributed by atoms with van der Waals surface area (Å²) in [4.78, 5) is 30.3. The Morgan fingerprint density at radius 1 is 1.03 bits per heavy atom. The van der Waals surface area contributed by atoms with E-state index in [0.717, 1.165) is 49.7 Å². The summed E-state index contributed by atoms with van der Waals surface area (Å²) in [5, 5.41) is 3.18. The van der Waals surface area contributed by atoms with Crippen molar-refractivity contribution in [3.63, 3.8) is 0 Å². The molecular weight excluding hydrogens is 390 g/mol. The van der Waals surface area contributed by atoms with Crippen molar-refractivity contribution in [1.29, 1.82) is 0 Å². The summed E-state index contributed by atoms with van der Waals surface area (Å²) in [6.07, 6.45) is 5.44. The number of hydrogen-bond donors (Lipinski definition) is 1. The highest BCUT2D eigenvalue weighted by Gasteiger charge is 2.16. The Balaban J connectivity index is 1.47. The molecule has 0 saturated carbocycles. The average molecular weight is 420 g/mol. The fourth-order valence-electron chi connectivity index (χ4n) is 3.72. The van der Waals surface area contributed by atoms with E-state index in [2.05, 4.69) is 43.1 Å². The topological polar surface area (TPSA) is 79.2 Å². The van der Waals surface area contributed by atoms with Gasteiger partial charge in [-0.15, -0.1) is 0 Å². The zero-order valence-electron chi connectivity index (χ0n) is 18.3. The average Bonchev–Trinajstić information content (AvgIpc) is 2.80. The van der Waals surface area contributed by atoms with Gasteiger partial charge in [0.1, 0.15) is 5.82 Å². The molecule has 0 aromatic carbocycles. The van der Waals surface area contributed by atoms with Gasteiger partial charge in [0.15, 0.2) is 0 Å². The molecule has 4 heterocycles. The number of hydrogen-bond acceptors (Lipinski definition) is 7. The van der Waals surface area contributed by atoms with Crippen molar-refractivity contribution in [1.82, 2.24) is 24.4 Å². The van der Waals surface area contributed by atoms with E-state index < -0.39 is 0 Å². The molecule has 8 nitrogen and oxygen atoms in total. The number of anilines is 3. The predicted octanol–water partition coefficient (Wildman–Crippen LogP) is 3.17. The van der Waals surface area contributed by atoms with Gasteiger partial charge in [-0.25, -0.2) is 15.0 Å². The Morgan fingerprint density at radius 3 is 2.52 bits per heavy atom. The Labute approximate surface area is 182 Å². The lowest BCUT2D eigenvalue weighted by atomic mass is 10.2. The van der Waals surface area contributed by atoms with Gasteiger partial charge in [-0.05, 0) is 44.7 Å². The number of aromatic nitrogens is 4. The van der Waals surface area contributed by atoms with Crippen molar-refractivity contribution in [2.24, 2.45) is 0 Å². The second-order valence-electron chi connectivity index (χ2n) is 7.97. The first-order valence-corrected chi connectivity index (χ1v) is 10.8. The van der Waals surface area contributed by atoms with Gasteiger partial charge in [0.2, 0.25) is 5.95 Å². The minimum atomic E-state index is -0.0217. The molecule has 0 bridgehead atoms. The van der Waals surface area contributed by atoms with Crippen molar-refractivity contribution < 1.29 is 0 Å². The first kappa shape index (κ1) is 21.0. The number of rotatable bonds is 6. The van der Waals surface area contributed by atoms with Crippen molar-refractivity contribution >= 4 is 17.5 Å². The third-order valence-electron chi connectivity index (χ3n) is 5.62. The molecule has 1 fully saturated rings. The van der Waals surface area contributed by atoms with Crippen LogP contribution < -0.4 is 15.8 Å². The van der Waals surface area contributed by atoms with Crippen LogP contribution in [-0.4, -0.2) is 57.1 Å². The lowest BCUT2D eigenvalue weighted by Crippen LogP contribution is -2.46. The number of likely N-dealkylation sites (N-methyl/N-ethyl adjacent to an activating group) is 1. The third-order valence-corrected chi connectivity index (χ3v) is 5.62. The van der Waals surface area contributed by atoms with E-state index in [4.69, 9.17) is 0 Å². The highest BCUT2D eigenvalue weighted by Crippen LogP contribution is 2.21. The first-order chi connectivity index (χ1) is 15.0. The van der Waals surface area contributed by atoms with Crippen LogP contribution in [0.1, 0.15) is 26.8 Å². The van der Waals surface area contributed by atoms with Crippen LogP contribution in [0.25, 0.3) is 11.3 Å².